The number of rotatable bonds is 8. The number of ether oxygens (including phenoxy) is 1. The van der Waals surface area contributed by atoms with E-state index in [-0.39, 0.29) is 0 Å². The van der Waals surface area contributed by atoms with Gasteiger partial charge in [-0.3, -0.25) is 0 Å². The van der Waals surface area contributed by atoms with Crippen molar-refractivity contribution in [3.8, 4) is 22.5 Å². The van der Waals surface area contributed by atoms with Gasteiger partial charge in [0, 0.05) is 36.9 Å². The molecule has 0 aliphatic carbocycles. The van der Waals surface area contributed by atoms with Gasteiger partial charge in [-0.05, 0) is 36.8 Å². The Morgan fingerprint density at radius 1 is 1.06 bits per heavy atom. The lowest BCUT2D eigenvalue weighted by atomic mass is 9.98. The van der Waals surface area contributed by atoms with Crippen LogP contribution in [0.2, 0.25) is 0 Å². The number of benzene rings is 2. The Morgan fingerprint density at radius 2 is 1.85 bits per heavy atom. The first-order chi connectivity index (χ1) is 16.7. The van der Waals surface area contributed by atoms with Gasteiger partial charge in [-0.25, -0.2) is 4.52 Å². The molecule has 0 saturated carbocycles. The second-order valence-electron chi connectivity index (χ2n) is 8.93. The van der Waals surface area contributed by atoms with E-state index < -0.39 is 0 Å². The molecule has 0 amide bonds. The third kappa shape index (κ3) is 4.17. The molecule has 34 heavy (non-hydrogen) atoms. The van der Waals surface area contributed by atoms with E-state index >= 15 is 0 Å². The lowest BCUT2D eigenvalue weighted by Gasteiger charge is -2.11. The van der Waals surface area contributed by atoms with E-state index in [1.807, 2.05) is 0 Å². The predicted molar refractivity (Wildman–Crippen MR) is 143 cm³/mol. The molecular formula is C28H32N4OS. The van der Waals surface area contributed by atoms with Gasteiger partial charge in [-0.1, -0.05) is 80.2 Å². The summed E-state index contributed by atoms with van der Waals surface area (Å²) in [6.45, 7) is 4.45. The average molecular weight is 473 g/mol. The summed E-state index contributed by atoms with van der Waals surface area (Å²) in [5.41, 5.74) is 8.42. The molecule has 0 unspecified atom stereocenters. The Balaban J connectivity index is 1.71. The third-order valence-electron chi connectivity index (χ3n) is 6.61. The Bertz CT molecular complexity index is 1290. The van der Waals surface area contributed by atoms with Crippen LogP contribution in [0.4, 0.5) is 0 Å². The quantitative estimate of drug-likeness (QED) is 0.265. The van der Waals surface area contributed by atoms with E-state index in [0.717, 1.165) is 55.7 Å². The molecular weight excluding hydrogens is 440 g/mol. The van der Waals surface area contributed by atoms with Gasteiger partial charge in [0.05, 0.1) is 6.61 Å². The van der Waals surface area contributed by atoms with Crippen molar-refractivity contribution in [2.75, 3.05) is 20.3 Å². The van der Waals surface area contributed by atoms with Crippen LogP contribution in [0, 0.1) is 0 Å². The van der Waals surface area contributed by atoms with Crippen molar-refractivity contribution in [1.29, 1.82) is 0 Å². The first kappa shape index (κ1) is 22.8. The summed E-state index contributed by atoms with van der Waals surface area (Å²) >= 11 is 5.94. The van der Waals surface area contributed by atoms with Gasteiger partial charge in [-0.15, -0.1) is 5.10 Å². The Hall–Kier alpha value is -2.96. The average Bonchev–Trinajstić information content (AvgIpc) is 3.28. The van der Waals surface area contributed by atoms with E-state index in [9.17, 15) is 0 Å². The van der Waals surface area contributed by atoms with E-state index in [2.05, 4.69) is 75.9 Å². The molecule has 6 heteroatoms. The van der Waals surface area contributed by atoms with Crippen molar-refractivity contribution in [3.63, 3.8) is 0 Å². The van der Waals surface area contributed by atoms with Gasteiger partial charge in [0.1, 0.15) is 16.3 Å². The highest BCUT2D eigenvalue weighted by atomic mass is 32.1. The smallest absolute Gasteiger partial charge is 0.162 e. The summed E-state index contributed by atoms with van der Waals surface area (Å²) in [5, 5.41) is 8.59. The minimum absolute atomic E-state index is 0.603. The summed E-state index contributed by atoms with van der Waals surface area (Å²) < 4.78 is 9.75. The largest absolute Gasteiger partial charge is 0.383 e. The van der Waals surface area contributed by atoms with E-state index in [1.54, 1.807) is 7.11 Å². The second kappa shape index (κ2) is 10.1. The Morgan fingerprint density at radius 3 is 2.59 bits per heavy atom. The minimum Gasteiger partial charge on any atom is -0.383 e. The molecule has 0 fully saturated rings. The van der Waals surface area contributed by atoms with Gasteiger partial charge in [0.15, 0.2) is 5.82 Å². The van der Waals surface area contributed by atoms with Crippen LogP contribution in [0.1, 0.15) is 43.0 Å². The summed E-state index contributed by atoms with van der Waals surface area (Å²) in [6.07, 6.45) is 5.57. The van der Waals surface area contributed by atoms with Crippen molar-refractivity contribution in [3.05, 3.63) is 71.4 Å². The molecule has 176 valence electrons. The van der Waals surface area contributed by atoms with E-state index in [0.29, 0.717) is 18.1 Å². The van der Waals surface area contributed by atoms with Crippen LogP contribution in [0.15, 0.2) is 54.6 Å². The first-order valence-corrected chi connectivity index (χ1v) is 12.7. The Kier molecular flexibility index (Phi) is 6.79. The van der Waals surface area contributed by atoms with E-state index in [4.69, 9.17) is 22.1 Å². The lowest BCUT2D eigenvalue weighted by molar-refractivity contribution is 0.204. The van der Waals surface area contributed by atoms with Crippen molar-refractivity contribution in [2.45, 2.75) is 45.6 Å². The van der Waals surface area contributed by atoms with Crippen LogP contribution in [-0.2, 0) is 24.1 Å². The fraction of sp³-hybridized carbons (Fsp3) is 0.357. The summed E-state index contributed by atoms with van der Waals surface area (Å²) in [5.74, 6) is 1.02. The van der Waals surface area contributed by atoms with Crippen LogP contribution in [0.5, 0.6) is 0 Å². The lowest BCUT2D eigenvalue weighted by Crippen LogP contribution is -2.27. The molecule has 1 aliphatic rings. The number of methoxy groups -OCH3 is 1. The number of nitrogens with zero attached hydrogens (tertiary/aromatic N) is 3. The van der Waals surface area contributed by atoms with Crippen LogP contribution in [0.3, 0.4) is 0 Å². The topological polar surface area (TPSA) is 43.5 Å². The van der Waals surface area contributed by atoms with E-state index in [1.165, 1.54) is 27.9 Å². The van der Waals surface area contributed by atoms with Crippen LogP contribution < -0.4 is 5.32 Å². The van der Waals surface area contributed by atoms with Gasteiger partial charge in [-0.2, -0.15) is 0 Å². The molecule has 1 aliphatic heterocycles. The monoisotopic (exact) mass is 472 g/mol. The van der Waals surface area contributed by atoms with Crippen molar-refractivity contribution in [1.82, 2.24) is 19.5 Å². The van der Waals surface area contributed by atoms with Gasteiger partial charge < -0.3 is 14.6 Å². The standard InChI is InChI=1S/C28H32N4OS/c1-3-9-20-13-15-22(16-14-20)26-30-32-25(27(34)29-17-19-33-2)24(21-10-5-4-6-11-21)23-12-7-8-18-31(26)28(23)32/h4-6,10-11,13-16H,3,7-9,12,17-19H2,1-2H3,(H,29,34). The van der Waals surface area contributed by atoms with Crippen molar-refractivity contribution < 1.29 is 4.74 Å². The normalized spacial score (nSPS) is 13.2. The highest BCUT2D eigenvalue weighted by Crippen LogP contribution is 2.38. The highest BCUT2D eigenvalue weighted by Gasteiger charge is 2.29. The maximum Gasteiger partial charge on any atom is 0.162 e. The zero-order valence-electron chi connectivity index (χ0n) is 20.0. The molecule has 0 saturated heterocycles. The molecule has 0 atom stereocenters. The first-order valence-electron chi connectivity index (χ1n) is 12.3. The fourth-order valence-electron chi connectivity index (χ4n) is 5.04. The number of hydrogen-bond donors (Lipinski definition) is 1. The fourth-order valence-corrected chi connectivity index (χ4v) is 5.33. The molecule has 0 bridgehead atoms. The SMILES string of the molecule is CCCc1ccc(-c2nn3c(C(=S)NCCOC)c(-c4ccccc4)c4c3n2CCCC4)cc1. The van der Waals surface area contributed by atoms with Gasteiger partial charge in [0.25, 0.3) is 0 Å². The van der Waals surface area contributed by atoms with Crippen LogP contribution >= 0.6 is 12.2 Å². The number of nitrogens with one attached hydrogen (secondary N) is 1. The predicted octanol–water partition coefficient (Wildman–Crippen LogP) is 5.67. The number of aromatic nitrogens is 3. The second-order valence-corrected chi connectivity index (χ2v) is 9.34. The van der Waals surface area contributed by atoms with Gasteiger partial charge in [0.2, 0.25) is 0 Å². The zero-order valence-corrected chi connectivity index (χ0v) is 20.8. The van der Waals surface area contributed by atoms with Crippen molar-refractivity contribution in [2.24, 2.45) is 0 Å². The summed E-state index contributed by atoms with van der Waals surface area (Å²) in [6, 6.07) is 19.5. The maximum absolute atomic E-state index is 5.94. The highest BCUT2D eigenvalue weighted by molar-refractivity contribution is 7.80. The summed E-state index contributed by atoms with van der Waals surface area (Å²) in [4.78, 5) is 0.715. The number of hydrogen-bond acceptors (Lipinski definition) is 3. The van der Waals surface area contributed by atoms with Crippen molar-refractivity contribution >= 4 is 22.9 Å². The number of thiocarbonyl (C=S) groups is 1. The molecule has 2 aromatic heterocycles. The minimum atomic E-state index is 0.603. The number of aryl methyl sites for hydroxylation is 3. The van der Waals surface area contributed by atoms with Crippen LogP contribution in [-0.4, -0.2) is 39.4 Å². The molecule has 4 aromatic rings. The zero-order chi connectivity index (χ0) is 23.5. The van der Waals surface area contributed by atoms with Crippen LogP contribution in [0.25, 0.3) is 28.2 Å². The molecule has 2 aromatic carbocycles. The molecule has 0 spiro atoms. The molecule has 5 nitrogen and oxygen atoms in total. The molecule has 5 rings (SSSR count). The summed E-state index contributed by atoms with van der Waals surface area (Å²) in [7, 11) is 1.71. The maximum atomic E-state index is 5.94. The molecule has 1 N–H and O–H groups in total. The molecule has 3 heterocycles. The Labute approximate surface area is 206 Å². The third-order valence-corrected chi connectivity index (χ3v) is 6.94. The van der Waals surface area contributed by atoms with Gasteiger partial charge >= 0.3 is 0 Å². The molecule has 0 radical (unpaired) electrons.